The highest BCUT2D eigenvalue weighted by Gasteiger charge is 2.25. The van der Waals surface area contributed by atoms with Crippen molar-refractivity contribution in [2.75, 3.05) is 12.4 Å². The molecule has 0 bridgehead atoms. The van der Waals surface area contributed by atoms with Crippen molar-refractivity contribution in [3.8, 4) is 16.3 Å². The molecule has 7 nitrogen and oxygen atoms in total. The summed E-state index contributed by atoms with van der Waals surface area (Å²) in [6.45, 7) is 5.99. The van der Waals surface area contributed by atoms with Crippen molar-refractivity contribution < 1.29 is 14.3 Å². The van der Waals surface area contributed by atoms with Gasteiger partial charge in [0.1, 0.15) is 16.8 Å². The van der Waals surface area contributed by atoms with Gasteiger partial charge in [0.05, 0.1) is 7.11 Å². The molecule has 0 saturated carbocycles. The van der Waals surface area contributed by atoms with E-state index in [1.807, 2.05) is 38.1 Å². The first-order chi connectivity index (χ1) is 14.4. The van der Waals surface area contributed by atoms with Crippen LogP contribution in [0.3, 0.4) is 0 Å². The fraction of sp³-hybridized carbons (Fsp3) is 0.545. The van der Waals surface area contributed by atoms with Gasteiger partial charge in [0.15, 0.2) is 0 Å². The van der Waals surface area contributed by atoms with Crippen molar-refractivity contribution in [2.45, 2.75) is 65.3 Å². The van der Waals surface area contributed by atoms with E-state index in [-0.39, 0.29) is 17.7 Å². The highest BCUT2D eigenvalue weighted by atomic mass is 32.1. The number of unbranched alkanes of at least 4 members (excludes halogenated alkanes) is 4. The maximum atomic E-state index is 12.7. The van der Waals surface area contributed by atoms with Gasteiger partial charge in [-0.1, -0.05) is 57.8 Å². The second-order valence-corrected chi connectivity index (χ2v) is 8.56. The van der Waals surface area contributed by atoms with E-state index in [0.717, 1.165) is 30.6 Å². The average molecular weight is 433 g/mol. The van der Waals surface area contributed by atoms with Gasteiger partial charge >= 0.3 is 0 Å². The van der Waals surface area contributed by atoms with Gasteiger partial charge in [-0.15, -0.1) is 10.2 Å². The lowest BCUT2D eigenvalue weighted by atomic mass is 10.0. The summed E-state index contributed by atoms with van der Waals surface area (Å²) in [5.74, 6) is 0.360. The zero-order valence-electron chi connectivity index (χ0n) is 18.2. The Morgan fingerprint density at radius 3 is 2.40 bits per heavy atom. The number of nitrogens with zero attached hydrogens (tertiary/aromatic N) is 2. The molecule has 1 atom stereocenters. The van der Waals surface area contributed by atoms with Crippen LogP contribution in [0.5, 0.6) is 5.75 Å². The Hall–Kier alpha value is -2.48. The Kier molecular flexibility index (Phi) is 9.73. The fourth-order valence-corrected chi connectivity index (χ4v) is 3.73. The summed E-state index contributed by atoms with van der Waals surface area (Å²) >= 11 is 1.29. The maximum Gasteiger partial charge on any atom is 0.249 e. The monoisotopic (exact) mass is 432 g/mol. The summed E-state index contributed by atoms with van der Waals surface area (Å²) in [5.41, 5.74) is 0.894. The number of ether oxygens (including phenoxy) is 1. The number of rotatable bonds is 12. The number of amides is 2. The fourth-order valence-electron chi connectivity index (χ4n) is 2.98. The largest absolute Gasteiger partial charge is 0.497 e. The second kappa shape index (κ2) is 12.3. The van der Waals surface area contributed by atoms with Crippen LogP contribution in [0, 0.1) is 5.92 Å². The molecule has 0 aliphatic carbocycles. The first-order valence-electron chi connectivity index (χ1n) is 10.5. The van der Waals surface area contributed by atoms with E-state index < -0.39 is 6.04 Å². The molecule has 1 heterocycles. The van der Waals surface area contributed by atoms with Gasteiger partial charge in [-0.3, -0.25) is 14.9 Å². The van der Waals surface area contributed by atoms with Gasteiger partial charge in [-0.05, 0) is 36.6 Å². The summed E-state index contributed by atoms with van der Waals surface area (Å²) in [7, 11) is 1.62. The lowest BCUT2D eigenvalue weighted by Gasteiger charge is -2.21. The number of carbonyl (C=O) groups is 2. The standard InChI is InChI=1S/C22H32N4O3S/c1-5-6-7-8-9-10-18(27)23-19(15(2)3)20(28)24-22-26-25-21(30-22)16-11-13-17(29-4)14-12-16/h11-15,19H,5-10H2,1-4H3,(H,23,27)(H,24,26,28). The molecule has 8 heteroatoms. The molecule has 0 spiro atoms. The Morgan fingerprint density at radius 1 is 1.07 bits per heavy atom. The topological polar surface area (TPSA) is 93.2 Å². The van der Waals surface area contributed by atoms with E-state index in [9.17, 15) is 9.59 Å². The van der Waals surface area contributed by atoms with Crippen molar-refractivity contribution in [3.05, 3.63) is 24.3 Å². The zero-order chi connectivity index (χ0) is 21.9. The molecule has 0 fully saturated rings. The minimum absolute atomic E-state index is 0.0389. The predicted octanol–water partition coefficient (Wildman–Crippen LogP) is 4.65. The molecule has 0 radical (unpaired) electrons. The molecule has 30 heavy (non-hydrogen) atoms. The van der Waals surface area contributed by atoms with Gasteiger partial charge < -0.3 is 10.1 Å². The molecule has 164 valence electrons. The first-order valence-corrected chi connectivity index (χ1v) is 11.3. The molecule has 1 unspecified atom stereocenters. The van der Waals surface area contributed by atoms with Crippen LogP contribution in [0.2, 0.25) is 0 Å². The minimum Gasteiger partial charge on any atom is -0.497 e. The van der Waals surface area contributed by atoms with Gasteiger partial charge in [0.2, 0.25) is 16.9 Å². The van der Waals surface area contributed by atoms with Gasteiger partial charge in [-0.2, -0.15) is 0 Å². The lowest BCUT2D eigenvalue weighted by molar-refractivity contribution is -0.127. The van der Waals surface area contributed by atoms with Crippen LogP contribution in [-0.4, -0.2) is 35.2 Å². The lowest BCUT2D eigenvalue weighted by Crippen LogP contribution is -2.47. The molecule has 1 aromatic heterocycles. The van der Waals surface area contributed by atoms with Crippen molar-refractivity contribution in [2.24, 2.45) is 5.92 Å². The molecule has 2 amide bonds. The molecular formula is C22H32N4O3S. The van der Waals surface area contributed by atoms with Crippen LogP contribution in [0.4, 0.5) is 5.13 Å². The second-order valence-electron chi connectivity index (χ2n) is 7.58. The molecular weight excluding hydrogens is 400 g/mol. The van der Waals surface area contributed by atoms with Crippen LogP contribution >= 0.6 is 11.3 Å². The van der Waals surface area contributed by atoms with Crippen LogP contribution in [0.25, 0.3) is 10.6 Å². The molecule has 2 aromatic rings. The number of anilines is 1. The molecule has 2 rings (SSSR count). The number of hydrogen-bond acceptors (Lipinski definition) is 6. The molecule has 2 N–H and O–H groups in total. The van der Waals surface area contributed by atoms with Crippen molar-refractivity contribution in [3.63, 3.8) is 0 Å². The van der Waals surface area contributed by atoms with Gasteiger partial charge in [0, 0.05) is 12.0 Å². The quantitative estimate of drug-likeness (QED) is 0.476. The van der Waals surface area contributed by atoms with Crippen LogP contribution in [0.15, 0.2) is 24.3 Å². The number of nitrogens with one attached hydrogen (secondary N) is 2. The number of benzene rings is 1. The highest BCUT2D eigenvalue weighted by Crippen LogP contribution is 2.28. The smallest absolute Gasteiger partial charge is 0.249 e. The zero-order valence-corrected chi connectivity index (χ0v) is 19.1. The van der Waals surface area contributed by atoms with Gasteiger partial charge in [0.25, 0.3) is 0 Å². The Bertz CT molecular complexity index is 805. The number of hydrogen-bond donors (Lipinski definition) is 2. The molecule has 1 aromatic carbocycles. The SMILES string of the molecule is CCCCCCCC(=O)NC(C(=O)Nc1nnc(-c2ccc(OC)cc2)s1)C(C)C. The third kappa shape index (κ3) is 7.40. The van der Waals surface area contributed by atoms with Crippen LogP contribution in [-0.2, 0) is 9.59 Å². The summed E-state index contributed by atoms with van der Waals surface area (Å²) in [6.07, 6.45) is 5.84. The summed E-state index contributed by atoms with van der Waals surface area (Å²) in [4.78, 5) is 25.0. The number of methoxy groups -OCH3 is 1. The van der Waals surface area contributed by atoms with E-state index in [0.29, 0.717) is 16.6 Å². The van der Waals surface area contributed by atoms with Gasteiger partial charge in [-0.25, -0.2) is 0 Å². The van der Waals surface area contributed by atoms with Crippen LogP contribution < -0.4 is 15.4 Å². The highest BCUT2D eigenvalue weighted by molar-refractivity contribution is 7.18. The average Bonchev–Trinajstić information content (AvgIpc) is 3.20. The van der Waals surface area contributed by atoms with E-state index in [1.165, 1.54) is 24.2 Å². The van der Waals surface area contributed by atoms with Crippen molar-refractivity contribution >= 4 is 28.3 Å². The van der Waals surface area contributed by atoms with E-state index in [2.05, 4.69) is 27.8 Å². The van der Waals surface area contributed by atoms with Crippen molar-refractivity contribution in [1.82, 2.24) is 15.5 Å². The normalized spacial score (nSPS) is 11.9. The summed E-state index contributed by atoms with van der Waals surface area (Å²) < 4.78 is 5.16. The Labute approximate surface area is 182 Å². The van der Waals surface area contributed by atoms with Crippen molar-refractivity contribution in [1.29, 1.82) is 0 Å². The van der Waals surface area contributed by atoms with Crippen LogP contribution in [0.1, 0.15) is 59.3 Å². The molecule has 0 aliphatic rings. The number of carbonyl (C=O) groups excluding carboxylic acids is 2. The molecule has 0 aliphatic heterocycles. The third-order valence-corrected chi connectivity index (χ3v) is 5.65. The summed E-state index contributed by atoms with van der Waals surface area (Å²) in [6, 6.07) is 6.87. The third-order valence-electron chi connectivity index (χ3n) is 4.77. The van der Waals surface area contributed by atoms with E-state index in [1.54, 1.807) is 7.11 Å². The predicted molar refractivity (Wildman–Crippen MR) is 121 cm³/mol. The minimum atomic E-state index is -0.610. The van der Waals surface area contributed by atoms with E-state index >= 15 is 0 Å². The van der Waals surface area contributed by atoms with E-state index in [4.69, 9.17) is 4.74 Å². The number of aromatic nitrogens is 2. The summed E-state index contributed by atoms with van der Waals surface area (Å²) in [5, 5.41) is 15.0. The molecule has 0 saturated heterocycles. The Balaban J connectivity index is 1.91. The Morgan fingerprint density at radius 2 is 1.77 bits per heavy atom. The first kappa shape index (κ1) is 23.8. The maximum absolute atomic E-state index is 12.7.